The Morgan fingerprint density at radius 2 is 2.00 bits per heavy atom. The number of aromatic nitrogens is 2. The summed E-state index contributed by atoms with van der Waals surface area (Å²) in [5.41, 5.74) is -0.634. The number of halogens is 2. The molecule has 0 fully saturated rings. The summed E-state index contributed by atoms with van der Waals surface area (Å²) in [5.74, 6) is -0.322. The fourth-order valence-corrected chi connectivity index (χ4v) is 1.99. The normalized spacial score (nSPS) is 10.4. The number of nitrogens with one attached hydrogen (secondary N) is 2. The summed E-state index contributed by atoms with van der Waals surface area (Å²) in [5, 5.41) is 3.43. The van der Waals surface area contributed by atoms with E-state index in [1.165, 1.54) is 22.9 Å². The number of amides is 1. The molecule has 0 saturated heterocycles. The van der Waals surface area contributed by atoms with Crippen molar-refractivity contribution in [3.8, 4) is 0 Å². The molecule has 1 aromatic carbocycles. The number of hydrogen-bond donors (Lipinski definition) is 2. The fraction of sp³-hybridized carbons (Fsp3) is 0.154. The van der Waals surface area contributed by atoms with E-state index in [4.69, 9.17) is 23.2 Å². The Balaban J connectivity index is 2.00. The van der Waals surface area contributed by atoms with Crippen LogP contribution in [0.4, 0.5) is 5.69 Å². The molecule has 0 atom stereocenters. The molecule has 1 heterocycles. The molecule has 0 bridgehead atoms. The molecule has 1 aromatic heterocycles. The number of carbonyl (C=O) groups excluding carboxylic acids is 1. The largest absolute Gasteiger partial charge is 0.328 e. The van der Waals surface area contributed by atoms with Crippen molar-refractivity contribution in [3.63, 3.8) is 0 Å². The summed E-state index contributed by atoms with van der Waals surface area (Å²) in [4.78, 5) is 36.3. The SMILES string of the molecule is O=C(CCn1ccc(=O)[nH]c1=O)Nc1cc(Cl)ccc1Cl. The van der Waals surface area contributed by atoms with Crippen LogP contribution in [0.3, 0.4) is 0 Å². The first-order valence-corrected chi connectivity index (χ1v) is 6.76. The number of benzene rings is 1. The van der Waals surface area contributed by atoms with E-state index in [-0.39, 0.29) is 18.9 Å². The highest BCUT2D eigenvalue weighted by Gasteiger charge is 2.07. The Morgan fingerprint density at radius 3 is 2.71 bits per heavy atom. The second kappa shape index (κ2) is 6.60. The summed E-state index contributed by atoms with van der Waals surface area (Å²) in [6.45, 7) is 0.139. The van der Waals surface area contributed by atoms with Crippen molar-refractivity contribution in [2.45, 2.75) is 13.0 Å². The highest BCUT2D eigenvalue weighted by molar-refractivity contribution is 6.35. The Bertz CT molecular complexity index is 783. The number of aromatic amines is 1. The standard InChI is InChI=1S/C13H11Cl2N3O3/c14-8-1-2-9(15)10(7-8)16-11(19)3-5-18-6-4-12(20)17-13(18)21/h1-2,4,6-7H,3,5H2,(H,16,19)(H,17,20,21). The van der Waals surface area contributed by atoms with Gasteiger partial charge in [0, 0.05) is 30.3 Å². The van der Waals surface area contributed by atoms with Crippen LogP contribution in [0.2, 0.25) is 10.0 Å². The van der Waals surface area contributed by atoms with Crippen molar-refractivity contribution in [1.82, 2.24) is 9.55 Å². The summed E-state index contributed by atoms with van der Waals surface area (Å²) in [6.07, 6.45) is 1.38. The lowest BCUT2D eigenvalue weighted by Gasteiger charge is -2.08. The lowest BCUT2D eigenvalue weighted by molar-refractivity contribution is -0.116. The molecule has 0 saturated carbocycles. The van der Waals surface area contributed by atoms with Crippen molar-refractivity contribution in [3.05, 3.63) is 61.3 Å². The van der Waals surface area contributed by atoms with Crippen LogP contribution in [0.25, 0.3) is 0 Å². The van der Waals surface area contributed by atoms with Crippen LogP contribution >= 0.6 is 23.2 Å². The van der Waals surface area contributed by atoms with E-state index in [0.717, 1.165) is 0 Å². The second-order valence-corrected chi connectivity index (χ2v) is 5.07. The van der Waals surface area contributed by atoms with E-state index in [9.17, 15) is 14.4 Å². The molecule has 110 valence electrons. The molecule has 2 aromatic rings. The molecule has 8 heteroatoms. The van der Waals surface area contributed by atoms with Crippen LogP contribution < -0.4 is 16.6 Å². The van der Waals surface area contributed by atoms with E-state index >= 15 is 0 Å². The van der Waals surface area contributed by atoms with Crippen LogP contribution in [0, 0.1) is 0 Å². The number of rotatable bonds is 4. The summed E-state index contributed by atoms with van der Waals surface area (Å²) in [6, 6.07) is 5.94. The van der Waals surface area contributed by atoms with Gasteiger partial charge in [-0.05, 0) is 18.2 Å². The number of aryl methyl sites for hydroxylation is 1. The van der Waals surface area contributed by atoms with Crippen LogP contribution in [0.5, 0.6) is 0 Å². The van der Waals surface area contributed by atoms with Gasteiger partial charge in [0.25, 0.3) is 5.56 Å². The van der Waals surface area contributed by atoms with E-state index in [1.807, 2.05) is 0 Å². The quantitative estimate of drug-likeness (QED) is 0.899. The van der Waals surface area contributed by atoms with Gasteiger partial charge in [-0.15, -0.1) is 0 Å². The van der Waals surface area contributed by atoms with Gasteiger partial charge in [-0.25, -0.2) is 4.79 Å². The fourth-order valence-electron chi connectivity index (χ4n) is 1.65. The van der Waals surface area contributed by atoms with Crippen molar-refractivity contribution >= 4 is 34.8 Å². The van der Waals surface area contributed by atoms with Gasteiger partial charge in [-0.3, -0.25) is 14.6 Å². The van der Waals surface area contributed by atoms with E-state index in [0.29, 0.717) is 15.7 Å². The maximum absolute atomic E-state index is 11.8. The van der Waals surface area contributed by atoms with Crippen LogP contribution in [-0.4, -0.2) is 15.5 Å². The predicted octanol–water partition coefficient (Wildman–Crippen LogP) is 1.87. The molecule has 1 amide bonds. The Labute approximate surface area is 129 Å². The molecule has 0 spiro atoms. The zero-order chi connectivity index (χ0) is 15.4. The van der Waals surface area contributed by atoms with E-state index in [1.54, 1.807) is 12.1 Å². The lowest BCUT2D eigenvalue weighted by Crippen LogP contribution is -2.29. The first kappa shape index (κ1) is 15.3. The first-order valence-electron chi connectivity index (χ1n) is 6.00. The molecule has 6 nitrogen and oxygen atoms in total. The first-order chi connectivity index (χ1) is 9.95. The highest BCUT2D eigenvalue weighted by Crippen LogP contribution is 2.25. The predicted molar refractivity (Wildman–Crippen MR) is 81.0 cm³/mol. The van der Waals surface area contributed by atoms with Crippen LogP contribution in [0.1, 0.15) is 6.42 Å². The highest BCUT2D eigenvalue weighted by atomic mass is 35.5. The monoisotopic (exact) mass is 327 g/mol. The lowest BCUT2D eigenvalue weighted by atomic mass is 10.3. The average molecular weight is 328 g/mol. The van der Waals surface area contributed by atoms with E-state index < -0.39 is 11.2 Å². The van der Waals surface area contributed by atoms with Gasteiger partial charge >= 0.3 is 5.69 Å². The van der Waals surface area contributed by atoms with Crippen molar-refractivity contribution < 1.29 is 4.79 Å². The van der Waals surface area contributed by atoms with Gasteiger partial charge in [0.05, 0.1) is 10.7 Å². The number of H-pyrrole nitrogens is 1. The van der Waals surface area contributed by atoms with Crippen molar-refractivity contribution in [2.24, 2.45) is 0 Å². The van der Waals surface area contributed by atoms with Gasteiger partial charge in [-0.2, -0.15) is 0 Å². The summed E-state index contributed by atoms with van der Waals surface area (Å²) >= 11 is 11.8. The maximum atomic E-state index is 11.8. The third-order valence-corrected chi connectivity index (χ3v) is 3.24. The smallest absolute Gasteiger partial charge is 0.325 e. The zero-order valence-electron chi connectivity index (χ0n) is 10.7. The Kier molecular flexibility index (Phi) is 4.82. The van der Waals surface area contributed by atoms with Gasteiger partial charge in [0.2, 0.25) is 5.91 Å². The number of hydrogen-bond acceptors (Lipinski definition) is 3. The minimum atomic E-state index is -0.559. The van der Waals surface area contributed by atoms with Crippen molar-refractivity contribution in [1.29, 1.82) is 0 Å². The van der Waals surface area contributed by atoms with Crippen molar-refractivity contribution in [2.75, 3.05) is 5.32 Å². The maximum Gasteiger partial charge on any atom is 0.328 e. The Hall–Kier alpha value is -2.05. The topological polar surface area (TPSA) is 84.0 Å². The molecule has 2 N–H and O–H groups in total. The second-order valence-electron chi connectivity index (χ2n) is 4.23. The minimum Gasteiger partial charge on any atom is -0.325 e. The number of carbonyl (C=O) groups is 1. The molecule has 0 unspecified atom stereocenters. The third kappa shape index (κ3) is 4.21. The molecule has 0 aliphatic heterocycles. The van der Waals surface area contributed by atoms with Crippen LogP contribution in [-0.2, 0) is 11.3 Å². The molecule has 0 aliphatic carbocycles. The zero-order valence-corrected chi connectivity index (χ0v) is 12.2. The van der Waals surface area contributed by atoms with Gasteiger partial charge < -0.3 is 9.88 Å². The summed E-state index contributed by atoms with van der Waals surface area (Å²) in [7, 11) is 0. The number of nitrogens with zero attached hydrogens (tertiary/aromatic N) is 1. The van der Waals surface area contributed by atoms with Gasteiger partial charge in [-0.1, -0.05) is 23.2 Å². The van der Waals surface area contributed by atoms with Gasteiger partial charge in [0.15, 0.2) is 0 Å². The Morgan fingerprint density at radius 1 is 1.24 bits per heavy atom. The molecular formula is C13H11Cl2N3O3. The van der Waals surface area contributed by atoms with Gasteiger partial charge in [0.1, 0.15) is 0 Å². The third-order valence-electron chi connectivity index (χ3n) is 2.68. The number of anilines is 1. The average Bonchev–Trinajstić information content (AvgIpc) is 2.42. The van der Waals surface area contributed by atoms with Crippen LogP contribution in [0.15, 0.2) is 40.1 Å². The molecule has 0 aliphatic rings. The molecule has 0 radical (unpaired) electrons. The molecule has 21 heavy (non-hydrogen) atoms. The summed E-state index contributed by atoms with van der Waals surface area (Å²) < 4.78 is 1.24. The molecular weight excluding hydrogens is 317 g/mol. The minimum absolute atomic E-state index is 0.0504. The molecule has 2 rings (SSSR count). The van der Waals surface area contributed by atoms with E-state index in [2.05, 4.69) is 10.3 Å².